The number of halogens is 1. The number of rotatable bonds is 3. The minimum absolute atomic E-state index is 0.0206. The molecule has 0 radical (unpaired) electrons. The van der Waals surface area contributed by atoms with Crippen molar-refractivity contribution >= 4 is 32.2 Å². The van der Waals surface area contributed by atoms with Gasteiger partial charge in [0.1, 0.15) is 9.84 Å². The Morgan fingerprint density at radius 3 is 2.53 bits per heavy atom. The van der Waals surface area contributed by atoms with Gasteiger partial charge in [0.05, 0.1) is 11.1 Å². The molecule has 4 heteroatoms. The van der Waals surface area contributed by atoms with Crippen LogP contribution in [0.2, 0.25) is 0 Å². The molecular weight excluding hydrogens is 280 g/mol. The lowest BCUT2D eigenvalue weighted by atomic mass is 9.98. The maximum Gasteiger partial charge on any atom is 0.149 e. The number of hydrogen-bond acceptors (Lipinski definition) is 2. The largest absolute Gasteiger partial charge is 0.229 e. The predicted octanol–water partition coefficient (Wildman–Crippen LogP) is 3.26. The summed E-state index contributed by atoms with van der Waals surface area (Å²) in [5.74, 6) is -0.0206. The van der Waals surface area contributed by atoms with Gasteiger partial charge in [-0.15, -0.1) is 11.6 Å². The van der Waals surface area contributed by atoms with Gasteiger partial charge in [-0.05, 0) is 40.3 Å². The van der Waals surface area contributed by atoms with E-state index in [0.29, 0.717) is 0 Å². The monoisotopic (exact) mass is 294 g/mol. The van der Waals surface area contributed by atoms with Crippen molar-refractivity contribution in [2.45, 2.75) is 18.2 Å². The van der Waals surface area contributed by atoms with Crippen molar-refractivity contribution < 1.29 is 8.42 Å². The second kappa shape index (κ2) is 4.50. The summed E-state index contributed by atoms with van der Waals surface area (Å²) < 4.78 is 22.8. The zero-order valence-electron chi connectivity index (χ0n) is 10.7. The molecule has 1 atom stereocenters. The molecule has 0 heterocycles. The molecule has 19 heavy (non-hydrogen) atoms. The van der Waals surface area contributed by atoms with Crippen molar-refractivity contribution in [1.82, 2.24) is 0 Å². The lowest BCUT2D eigenvalue weighted by Gasteiger charge is -2.13. The summed E-state index contributed by atoms with van der Waals surface area (Å²) in [6.45, 7) is 0. The Labute approximate surface area is 118 Å². The molecule has 0 fully saturated rings. The molecule has 0 N–H and O–H groups in total. The molecule has 1 unspecified atom stereocenters. The summed E-state index contributed by atoms with van der Waals surface area (Å²) in [4.78, 5) is 0. The van der Waals surface area contributed by atoms with Crippen molar-refractivity contribution in [2.24, 2.45) is 0 Å². The van der Waals surface area contributed by atoms with E-state index < -0.39 is 15.2 Å². The van der Waals surface area contributed by atoms with Gasteiger partial charge in [-0.2, -0.15) is 0 Å². The van der Waals surface area contributed by atoms with Crippen molar-refractivity contribution in [2.75, 3.05) is 12.0 Å². The number of benzene rings is 2. The van der Waals surface area contributed by atoms with E-state index in [0.717, 1.165) is 23.8 Å². The third-order valence-electron chi connectivity index (χ3n) is 3.70. The highest BCUT2D eigenvalue weighted by molar-refractivity contribution is 7.90. The average molecular weight is 295 g/mol. The van der Waals surface area contributed by atoms with Gasteiger partial charge in [0.25, 0.3) is 0 Å². The highest BCUT2D eigenvalue weighted by Crippen LogP contribution is 2.36. The Morgan fingerprint density at radius 2 is 1.84 bits per heavy atom. The van der Waals surface area contributed by atoms with E-state index in [1.165, 1.54) is 22.8 Å². The van der Waals surface area contributed by atoms with Gasteiger partial charge in [-0.3, -0.25) is 0 Å². The summed E-state index contributed by atoms with van der Waals surface area (Å²) in [5, 5.41) is 1.90. The molecule has 0 aromatic heterocycles. The van der Waals surface area contributed by atoms with Gasteiger partial charge in [-0.1, -0.05) is 30.3 Å². The second-order valence-corrected chi connectivity index (χ2v) is 7.93. The van der Waals surface area contributed by atoms with E-state index in [1.54, 1.807) is 0 Å². The van der Waals surface area contributed by atoms with Gasteiger partial charge in [0, 0.05) is 6.26 Å². The summed E-state index contributed by atoms with van der Waals surface area (Å²) in [6, 6.07) is 10.3. The molecule has 2 nitrogen and oxygen atoms in total. The van der Waals surface area contributed by atoms with Crippen molar-refractivity contribution in [3.05, 3.63) is 47.0 Å². The van der Waals surface area contributed by atoms with Crippen LogP contribution in [0.5, 0.6) is 0 Å². The van der Waals surface area contributed by atoms with Crippen LogP contribution in [-0.4, -0.2) is 20.4 Å². The number of aryl methyl sites for hydroxylation is 2. The third-order valence-corrected chi connectivity index (χ3v) is 5.21. The first-order chi connectivity index (χ1) is 8.96. The van der Waals surface area contributed by atoms with Crippen LogP contribution in [0.1, 0.15) is 22.1 Å². The summed E-state index contributed by atoms with van der Waals surface area (Å²) in [6.07, 6.45) is 3.35. The van der Waals surface area contributed by atoms with Gasteiger partial charge in [-0.25, -0.2) is 8.42 Å². The second-order valence-electron chi connectivity index (χ2n) is 5.21. The minimum atomic E-state index is -3.08. The zero-order chi connectivity index (χ0) is 13.6. The maximum absolute atomic E-state index is 11.4. The summed E-state index contributed by atoms with van der Waals surface area (Å²) in [5.41, 5.74) is 3.62. The zero-order valence-corrected chi connectivity index (χ0v) is 12.3. The van der Waals surface area contributed by atoms with Crippen molar-refractivity contribution in [3.63, 3.8) is 0 Å². The van der Waals surface area contributed by atoms with E-state index >= 15 is 0 Å². The minimum Gasteiger partial charge on any atom is -0.229 e. The average Bonchev–Trinajstić information content (AvgIpc) is 2.73. The fourth-order valence-electron chi connectivity index (χ4n) is 2.90. The Morgan fingerprint density at radius 1 is 1.16 bits per heavy atom. The quantitative estimate of drug-likeness (QED) is 0.814. The first-order valence-electron chi connectivity index (χ1n) is 6.31. The predicted molar refractivity (Wildman–Crippen MR) is 79.7 cm³/mol. The molecule has 0 saturated carbocycles. The smallest absolute Gasteiger partial charge is 0.149 e. The Bertz CT molecular complexity index is 740. The van der Waals surface area contributed by atoms with E-state index in [2.05, 4.69) is 12.1 Å². The molecule has 1 aliphatic carbocycles. The first-order valence-corrected chi connectivity index (χ1v) is 8.80. The van der Waals surface area contributed by atoms with Crippen LogP contribution in [-0.2, 0) is 22.7 Å². The van der Waals surface area contributed by atoms with Gasteiger partial charge < -0.3 is 0 Å². The van der Waals surface area contributed by atoms with Crippen LogP contribution < -0.4 is 0 Å². The number of alkyl halides is 1. The van der Waals surface area contributed by atoms with Gasteiger partial charge in [0.2, 0.25) is 0 Å². The fraction of sp³-hybridized carbons (Fsp3) is 0.333. The van der Waals surface area contributed by atoms with E-state index in [1.807, 2.05) is 18.2 Å². The van der Waals surface area contributed by atoms with E-state index in [9.17, 15) is 8.42 Å². The van der Waals surface area contributed by atoms with Gasteiger partial charge >= 0.3 is 0 Å². The van der Waals surface area contributed by atoms with Crippen LogP contribution >= 0.6 is 11.6 Å². The highest BCUT2D eigenvalue weighted by Gasteiger charge is 2.21. The maximum atomic E-state index is 11.4. The number of sulfone groups is 1. The van der Waals surface area contributed by atoms with Crippen molar-refractivity contribution in [3.8, 4) is 0 Å². The third kappa shape index (κ3) is 2.37. The van der Waals surface area contributed by atoms with Crippen molar-refractivity contribution in [1.29, 1.82) is 0 Å². The molecule has 0 spiro atoms. The number of hydrogen-bond donors (Lipinski definition) is 0. The van der Waals surface area contributed by atoms with Crippen LogP contribution in [0.3, 0.4) is 0 Å². The molecule has 0 amide bonds. The lowest BCUT2D eigenvalue weighted by Crippen LogP contribution is -2.09. The molecule has 0 saturated heterocycles. The molecular formula is C15H15ClO2S. The Hall–Kier alpha value is -1.06. The fourth-order valence-corrected chi connectivity index (χ4v) is 4.49. The molecule has 1 aliphatic rings. The van der Waals surface area contributed by atoms with E-state index in [-0.39, 0.29) is 5.75 Å². The van der Waals surface area contributed by atoms with Crippen LogP contribution in [0.15, 0.2) is 30.3 Å². The molecule has 2 aromatic carbocycles. The molecule has 3 rings (SSSR count). The molecule has 0 aliphatic heterocycles. The summed E-state index contributed by atoms with van der Waals surface area (Å²) >= 11 is 6.32. The standard InChI is InChI=1S/C15H15ClO2S/c1-19(17,18)9-14(16)12-8-7-11-6-5-10-3-2-4-13(12)15(10)11/h2-4,7-8,14H,5-6,9H2,1H3. The van der Waals surface area contributed by atoms with E-state index in [4.69, 9.17) is 11.6 Å². The molecule has 0 bridgehead atoms. The lowest BCUT2D eigenvalue weighted by molar-refractivity contribution is 0.600. The van der Waals surface area contributed by atoms with Crippen LogP contribution in [0.4, 0.5) is 0 Å². The van der Waals surface area contributed by atoms with Gasteiger partial charge in [0.15, 0.2) is 0 Å². The molecule has 100 valence electrons. The summed E-state index contributed by atoms with van der Waals surface area (Å²) in [7, 11) is -3.08. The topological polar surface area (TPSA) is 34.1 Å². The highest BCUT2D eigenvalue weighted by atomic mass is 35.5. The van der Waals surface area contributed by atoms with Crippen LogP contribution in [0, 0.1) is 0 Å². The Balaban J connectivity index is 2.16. The molecule has 2 aromatic rings. The first kappa shape index (κ1) is 12.9. The SMILES string of the molecule is CS(=O)(=O)CC(Cl)c1ccc2c3c(cccc13)CC2. The normalized spacial score (nSPS) is 15.9. The Kier molecular flexibility index (Phi) is 3.06. The van der Waals surface area contributed by atoms with Crippen LogP contribution in [0.25, 0.3) is 10.8 Å².